The zero-order chi connectivity index (χ0) is 10.8. The molecule has 0 N–H and O–H groups in total. The zero-order valence-electron chi connectivity index (χ0n) is 9.50. The maximum Gasteiger partial charge on any atom is 0.203 e. The molecule has 0 aromatic carbocycles. The van der Waals surface area contributed by atoms with Crippen LogP contribution in [-0.4, -0.2) is 11.5 Å². The van der Waals surface area contributed by atoms with Gasteiger partial charge in [-0.3, -0.25) is 10.1 Å². The maximum absolute atomic E-state index is 10.1. The minimum absolute atomic E-state index is 0.141. The minimum Gasteiger partial charge on any atom is -0.265 e. The van der Waals surface area contributed by atoms with Crippen LogP contribution in [0.1, 0.15) is 58.8 Å². The molecule has 0 aliphatic carbocycles. The summed E-state index contributed by atoms with van der Waals surface area (Å²) in [4.78, 5) is 9.84. The zero-order valence-corrected chi connectivity index (χ0v) is 9.50. The SMILES string of the molecule is CCCCCC(C)CCCC[N+](=O)[O-]. The van der Waals surface area contributed by atoms with Crippen LogP contribution in [-0.2, 0) is 0 Å². The van der Waals surface area contributed by atoms with Gasteiger partial charge in [0.2, 0.25) is 6.54 Å². The molecule has 0 aliphatic heterocycles. The first-order valence-corrected chi connectivity index (χ1v) is 5.78. The lowest BCUT2D eigenvalue weighted by Gasteiger charge is -2.09. The number of nitrogens with zero attached hydrogens (tertiary/aromatic N) is 1. The fourth-order valence-electron chi connectivity index (χ4n) is 1.62. The number of rotatable bonds is 9. The predicted octanol–water partition coefficient (Wildman–Crippen LogP) is 3.65. The Balaban J connectivity index is 3.18. The molecule has 0 amide bonds. The van der Waals surface area contributed by atoms with Crippen LogP contribution in [0, 0.1) is 16.0 Å². The van der Waals surface area contributed by atoms with E-state index in [-0.39, 0.29) is 11.5 Å². The topological polar surface area (TPSA) is 43.1 Å². The van der Waals surface area contributed by atoms with Crippen molar-refractivity contribution in [3.63, 3.8) is 0 Å². The van der Waals surface area contributed by atoms with Gasteiger partial charge in [-0.15, -0.1) is 0 Å². The van der Waals surface area contributed by atoms with Crippen LogP contribution in [0.3, 0.4) is 0 Å². The van der Waals surface area contributed by atoms with Crippen LogP contribution in [0.4, 0.5) is 0 Å². The highest BCUT2D eigenvalue weighted by Crippen LogP contribution is 2.15. The molecule has 3 heteroatoms. The Kier molecular flexibility index (Phi) is 8.59. The largest absolute Gasteiger partial charge is 0.265 e. The van der Waals surface area contributed by atoms with Gasteiger partial charge in [0.15, 0.2) is 0 Å². The lowest BCUT2D eigenvalue weighted by Crippen LogP contribution is -2.02. The Hall–Kier alpha value is -0.600. The van der Waals surface area contributed by atoms with E-state index in [0.717, 1.165) is 25.2 Å². The molecule has 84 valence electrons. The molecule has 1 atom stereocenters. The summed E-state index contributed by atoms with van der Waals surface area (Å²) in [6.07, 6.45) is 8.09. The van der Waals surface area contributed by atoms with E-state index in [9.17, 15) is 10.1 Å². The summed E-state index contributed by atoms with van der Waals surface area (Å²) in [6.45, 7) is 4.60. The Bertz CT molecular complexity index is 148. The molecule has 0 heterocycles. The second-order valence-corrected chi connectivity index (χ2v) is 4.15. The van der Waals surface area contributed by atoms with Crippen LogP contribution < -0.4 is 0 Å². The Labute approximate surface area is 87.0 Å². The van der Waals surface area contributed by atoms with E-state index >= 15 is 0 Å². The molecule has 0 bridgehead atoms. The van der Waals surface area contributed by atoms with Gasteiger partial charge in [-0.05, 0) is 12.3 Å². The molecule has 0 aromatic heterocycles. The van der Waals surface area contributed by atoms with Gasteiger partial charge in [-0.1, -0.05) is 46.0 Å². The molecule has 0 saturated carbocycles. The molecule has 0 aromatic rings. The smallest absolute Gasteiger partial charge is 0.203 e. The third-order valence-corrected chi connectivity index (χ3v) is 2.59. The first-order chi connectivity index (χ1) is 6.66. The maximum atomic E-state index is 10.1. The number of hydrogen-bond donors (Lipinski definition) is 0. The van der Waals surface area contributed by atoms with Gasteiger partial charge in [-0.25, -0.2) is 0 Å². The van der Waals surface area contributed by atoms with Gasteiger partial charge in [0.25, 0.3) is 0 Å². The van der Waals surface area contributed by atoms with E-state index in [1.54, 1.807) is 0 Å². The molecule has 1 unspecified atom stereocenters. The molecule has 0 spiro atoms. The van der Waals surface area contributed by atoms with E-state index < -0.39 is 0 Å². The summed E-state index contributed by atoms with van der Waals surface area (Å²) >= 11 is 0. The van der Waals surface area contributed by atoms with Crippen molar-refractivity contribution in [3.8, 4) is 0 Å². The van der Waals surface area contributed by atoms with Gasteiger partial charge in [0, 0.05) is 11.3 Å². The van der Waals surface area contributed by atoms with E-state index in [2.05, 4.69) is 13.8 Å². The van der Waals surface area contributed by atoms with E-state index in [1.165, 1.54) is 25.7 Å². The molecular formula is C11H23NO2. The van der Waals surface area contributed by atoms with E-state index in [0.29, 0.717) is 0 Å². The van der Waals surface area contributed by atoms with Gasteiger partial charge in [0.1, 0.15) is 0 Å². The van der Waals surface area contributed by atoms with E-state index in [4.69, 9.17) is 0 Å². The predicted molar refractivity (Wildman–Crippen MR) is 59.0 cm³/mol. The molecule has 0 fully saturated rings. The van der Waals surface area contributed by atoms with Crippen LogP contribution in [0.5, 0.6) is 0 Å². The third-order valence-electron chi connectivity index (χ3n) is 2.59. The Morgan fingerprint density at radius 3 is 2.21 bits per heavy atom. The van der Waals surface area contributed by atoms with Crippen molar-refractivity contribution in [3.05, 3.63) is 10.1 Å². The van der Waals surface area contributed by atoms with Gasteiger partial charge in [0.05, 0.1) is 0 Å². The van der Waals surface area contributed by atoms with Crippen molar-refractivity contribution in [2.75, 3.05) is 6.54 Å². The van der Waals surface area contributed by atoms with Crippen LogP contribution in [0.15, 0.2) is 0 Å². The van der Waals surface area contributed by atoms with Gasteiger partial charge in [-0.2, -0.15) is 0 Å². The van der Waals surface area contributed by atoms with Crippen molar-refractivity contribution in [2.24, 2.45) is 5.92 Å². The highest BCUT2D eigenvalue weighted by molar-refractivity contribution is 4.54. The van der Waals surface area contributed by atoms with Crippen LogP contribution in [0.25, 0.3) is 0 Å². The molecule has 0 aliphatic rings. The standard InChI is InChI=1S/C11H23NO2/c1-3-4-5-8-11(2)9-6-7-10-12(13)14/h11H,3-10H2,1-2H3. The normalized spacial score (nSPS) is 12.7. The average molecular weight is 201 g/mol. The van der Waals surface area contributed by atoms with E-state index in [1.807, 2.05) is 0 Å². The number of hydrogen-bond acceptors (Lipinski definition) is 2. The summed E-state index contributed by atoms with van der Waals surface area (Å²) in [7, 11) is 0. The molecule has 0 radical (unpaired) electrons. The van der Waals surface area contributed by atoms with Crippen molar-refractivity contribution in [2.45, 2.75) is 58.8 Å². The Morgan fingerprint density at radius 2 is 1.71 bits per heavy atom. The van der Waals surface area contributed by atoms with Crippen molar-refractivity contribution in [1.29, 1.82) is 0 Å². The molecule has 0 saturated heterocycles. The highest BCUT2D eigenvalue weighted by Gasteiger charge is 2.03. The first kappa shape index (κ1) is 13.4. The average Bonchev–Trinajstić information content (AvgIpc) is 2.13. The fraction of sp³-hybridized carbons (Fsp3) is 1.00. The second-order valence-electron chi connectivity index (χ2n) is 4.15. The lowest BCUT2D eigenvalue weighted by molar-refractivity contribution is -0.480. The quantitative estimate of drug-likeness (QED) is 0.324. The lowest BCUT2D eigenvalue weighted by atomic mass is 9.97. The van der Waals surface area contributed by atoms with Crippen LogP contribution in [0.2, 0.25) is 0 Å². The van der Waals surface area contributed by atoms with Gasteiger partial charge < -0.3 is 0 Å². The summed E-state index contributed by atoms with van der Waals surface area (Å²) in [5.74, 6) is 0.744. The number of unbranched alkanes of at least 4 members (excludes halogenated alkanes) is 3. The summed E-state index contributed by atoms with van der Waals surface area (Å²) in [5, 5.41) is 10.1. The molecule has 0 rings (SSSR count). The van der Waals surface area contributed by atoms with Crippen molar-refractivity contribution < 1.29 is 4.92 Å². The Morgan fingerprint density at radius 1 is 1.14 bits per heavy atom. The van der Waals surface area contributed by atoms with Gasteiger partial charge >= 0.3 is 0 Å². The van der Waals surface area contributed by atoms with Crippen LogP contribution >= 0.6 is 0 Å². The molecule has 3 nitrogen and oxygen atoms in total. The minimum atomic E-state index is -0.220. The molecule has 14 heavy (non-hydrogen) atoms. The summed E-state index contributed by atoms with van der Waals surface area (Å²) < 4.78 is 0. The molecular weight excluding hydrogens is 178 g/mol. The monoisotopic (exact) mass is 201 g/mol. The number of nitro groups is 1. The summed E-state index contributed by atoms with van der Waals surface area (Å²) in [6, 6.07) is 0. The first-order valence-electron chi connectivity index (χ1n) is 5.78. The fourth-order valence-corrected chi connectivity index (χ4v) is 1.62. The summed E-state index contributed by atoms with van der Waals surface area (Å²) in [5.41, 5.74) is 0. The second kappa shape index (κ2) is 8.97. The van der Waals surface area contributed by atoms with Crippen molar-refractivity contribution >= 4 is 0 Å². The third kappa shape index (κ3) is 9.49. The highest BCUT2D eigenvalue weighted by atomic mass is 16.6. The van der Waals surface area contributed by atoms with Crippen molar-refractivity contribution in [1.82, 2.24) is 0 Å².